The van der Waals surface area contributed by atoms with Crippen molar-refractivity contribution in [2.45, 2.75) is 77.0 Å². The summed E-state index contributed by atoms with van der Waals surface area (Å²) in [6, 6.07) is -4.42. The zero-order valence-corrected chi connectivity index (χ0v) is 19.9. The lowest BCUT2D eigenvalue weighted by Gasteiger charge is -2.25. The van der Waals surface area contributed by atoms with E-state index in [-0.39, 0.29) is 44.1 Å². The van der Waals surface area contributed by atoms with Gasteiger partial charge in [-0.1, -0.05) is 13.8 Å². The fourth-order valence-electron chi connectivity index (χ4n) is 2.87. The van der Waals surface area contributed by atoms with E-state index in [0.717, 1.165) is 0 Å². The Hall–Kier alpha value is -3.42. The second-order valence-corrected chi connectivity index (χ2v) is 8.38. The van der Waals surface area contributed by atoms with Crippen LogP contribution in [0.15, 0.2) is 4.99 Å². The van der Waals surface area contributed by atoms with E-state index in [1.54, 1.807) is 0 Å². The number of guanidine groups is 1. The average molecular weight is 487 g/mol. The third-order valence-corrected chi connectivity index (χ3v) is 4.68. The van der Waals surface area contributed by atoms with Crippen LogP contribution in [0.2, 0.25) is 0 Å². The Kier molecular flexibility index (Phi) is 13.9. The van der Waals surface area contributed by atoms with Crippen molar-refractivity contribution >= 4 is 35.6 Å². The van der Waals surface area contributed by atoms with Gasteiger partial charge in [-0.2, -0.15) is 0 Å². The average Bonchev–Trinajstić information content (AvgIpc) is 2.71. The number of carboxylic acid groups (broad SMARTS) is 1. The minimum absolute atomic E-state index is 0.0735. The molecule has 0 bridgehead atoms. The Labute approximate surface area is 198 Å². The molecule has 0 aromatic rings. The van der Waals surface area contributed by atoms with E-state index in [2.05, 4.69) is 20.9 Å². The van der Waals surface area contributed by atoms with Crippen LogP contribution in [0.3, 0.4) is 0 Å². The van der Waals surface area contributed by atoms with E-state index in [0.29, 0.717) is 6.42 Å². The van der Waals surface area contributed by atoms with E-state index in [4.69, 9.17) is 28.0 Å². The minimum Gasteiger partial charge on any atom is -0.480 e. The van der Waals surface area contributed by atoms with Gasteiger partial charge in [0.25, 0.3) is 0 Å². The Bertz CT molecular complexity index is 753. The summed E-state index contributed by atoms with van der Waals surface area (Å²) in [7, 11) is 0. The molecule has 14 nitrogen and oxygen atoms in total. The van der Waals surface area contributed by atoms with Crippen molar-refractivity contribution in [2.24, 2.45) is 33.8 Å². The number of primary amides is 1. The molecule has 0 aliphatic carbocycles. The second-order valence-electron chi connectivity index (χ2n) is 8.38. The fourth-order valence-corrected chi connectivity index (χ4v) is 2.87. The van der Waals surface area contributed by atoms with Crippen LogP contribution in [-0.2, 0) is 24.0 Å². The number of hydrogen-bond donors (Lipinski definition) is 8. The number of nitrogens with two attached hydrogens (primary N) is 4. The largest absolute Gasteiger partial charge is 0.480 e. The molecule has 0 aliphatic heterocycles. The van der Waals surface area contributed by atoms with E-state index < -0.39 is 53.8 Å². The van der Waals surface area contributed by atoms with Gasteiger partial charge in [0.15, 0.2) is 5.96 Å². The summed E-state index contributed by atoms with van der Waals surface area (Å²) in [6.45, 7) is 5.20. The van der Waals surface area contributed by atoms with Gasteiger partial charge in [0.1, 0.15) is 18.1 Å². The van der Waals surface area contributed by atoms with E-state index >= 15 is 0 Å². The van der Waals surface area contributed by atoms with Crippen molar-refractivity contribution in [1.29, 1.82) is 0 Å². The third-order valence-electron chi connectivity index (χ3n) is 4.68. The Morgan fingerprint density at radius 2 is 1.38 bits per heavy atom. The molecular weight excluding hydrogens is 448 g/mol. The number of rotatable bonds is 16. The van der Waals surface area contributed by atoms with Crippen molar-refractivity contribution < 1.29 is 29.1 Å². The predicted molar refractivity (Wildman–Crippen MR) is 125 cm³/mol. The highest BCUT2D eigenvalue weighted by Crippen LogP contribution is 2.06. The van der Waals surface area contributed by atoms with Crippen molar-refractivity contribution in [3.63, 3.8) is 0 Å². The van der Waals surface area contributed by atoms with Crippen LogP contribution in [0.5, 0.6) is 0 Å². The van der Waals surface area contributed by atoms with Gasteiger partial charge >= 0.3 is 5.97 Å². The molecule has 14 heteroatoms. The molecule has 0 aliphatic rings. The van der Waals surface area contributed by atoms with Gasteiger partial charge in [0.05, 0.1) is 6.04 Å². The molecule has 0 radical (unpaired) electrons. The van der Waals surface area contributed by atoms with Crippen LogP contribution in [0, 0.1) is 5.92 Å². The second kappa shape index (κ2) is 15.4. The van der Waals surface area contributed by atoms with Crippen molar-refractivity contribution in [3.8, 4) is 0 Å². The molecular formula is C20H38N8O6. The lowest BCUT2D eigenvalue weighted by molar-refractivity contribution is -0.141. The number of aliphatic carboxylic acids is 1. The fraction of sp³-hybridized carbons (Fsp3) is 0.700. The van der Waals surface area contributed by atoms with E-state index in [9.17, 15) is 24.0 Å². The van der Waals surface area contributed by atoms with Gasteiger partial charge in [0.2, 0.25) is 23.6 Å². The molecule has 4 unspecified atom stereocenters. The number of amides is 4. The first-order chi connectivity index (χ1) is 15.7. The SMILES string of the molecule is CC(C)CC(N)C(=O)NC(CCC(N)=O)C(=O)NC(CCCN=C(N)N)C(=O)NC(C)C(=O)O. The molecule has 0 aromatic heterocycles. The molecule has 0 aromatic carbocycles. The number of aliphatic imine (C=N–C) groups is 1. The van der Waals surface area contributed by atoms with Crippen LogP contribution < -0.4 is 38.9 Å². The molecule has 0 heterocycles. The Balaban J connectivity index is 5.50. The minimum atomic E-state index is -1.26. The lowest BCUT2D eigenvalue weighted by atomic mass is 10.0. The summed E-state index contributed by atoms with van der Waals surface area (Å²) in [5, 5.41) is 16.3. The molecule has 34 heavy (non-hydrogen) atoms. The first-order valence-electron chi connectivity index (χ1n) is 11.0. The zero-order chi connectivity index (χ0) is 26.4. The summed E-state index contributed by atoms with van der Waals surface area (Å²) >= 11 is 0. The molecule has 0 saturated heterocycles. The molecule has 194 valence electrons. The topological polar surface area (TPSA) is 258 Å². The number of carbonyl (C=O) groups excluding carboxylic acids is 4. The molecule has 0 rings (SSSR count). The molecule has 0 spiro atoms. The van der Waals surface area contributed by atoms with Crippen molar-refractivity contribution in [3.05, 3.63) is 0 Å². The van der Waals surface area contributed by atoms with Crippen LogP contribution in [0.4, 0.5) is 0 Å². The normalized spacial score (nSPS) is 14.3. The highest BCUT2D eigenvalue weighted by Gasteiger charge is 2.29. The first-order valence-corrected chi connectivity index (χ1v) is 11.0. The van der Waals surface area contributed by atoms with Gasteiger partial charge in [0, 0.05) is 13.0 Å². The summed E-state index contributed by atoms with van der Waals surface area (Å²) in [5.41, 5.74) is 21.6. The standard InChI is InChI=1S/C20H38N8O6/c1-10(2)9-12(21)16(30)27-14(6-7-15(22)29)18(32)28-13(5-4-8-25-20(23)24)17(31)26-11(3)19(33)34/h10-14H,4-9,21H2,1-3H3,(H2,22,29)(H,26,31)(H,27,30)(H,28,32)(H,33,34)(H4,23,24,25). The highest BCUT2D eigenvalue weighted by atomic mass is 16.4. The van der Waals surface area contributed by atoms with Gasteiger partial charge in [-0.05, 0) is 38.5 Å². The van der Waals surface area contributed by atoms with Gasteiger partial charge in [-0.15, -0.1) is 0 Å². The number of carbonyl (C=O) groups is 5. The smallest absolute Gasteiger partial charge is 0.325 e. The predicted octanol–water partition coefficient (Wildman–Crippen LogP) is -2.76. The molecule has 0 saturated carbocycles. The summed E-state index contributed by atoms with van der Waals surface area (Å²) < 4.78 is 0. The monoisotopic (exact) mass is 486 g/mol. The van der Waals surface area contributed by atoms with Gasteiger partial charge in [-0.25, -0.2) is 0 Å². The van der Waals surface area contributed by atoms with Crippen LogP contribution in [-0.4, -0.2) is 71.4 Å². The Morgan fingerprint density at radius 1 is 0.853 bits per heavy atom. The molecule has 4 atom stereocenters. The van der Waals surface area contributed by atoms with Crippen molar-refractivity contribution in [2.75, 3.05) is 6.54 Å². The zero-order valence-electron chi connectivity index (χ0n) is 19.9. The first kappa shape index (κ1) is 30.6. The summed E-state index contributed by atoms with van der Waals surface area (Å²) in [5.74, 6) is -4.04. The van der Waals surface area contributed by atoms with Crippen LogP contribution in [0.1, 0.15) is 52.9 Å². The van der Waals surface area contributed by atoms with Crippen LogP contribution >= 0.6 is 0 Å². The maximum Gasteiger partial charge on any atom is 0.325 e. The summed E-state index contributed by atoms with van der Waals surface area (Å²) in [4.78, 5) is 64.1. The van der Waals surface area contributed by atoms with E-state index in [1.807, 2.05) is 13.8 Å². The number of nitrogens with zero attached hydrogens (tertiary/aromatic N) is 1. The lowest BCUT2D eigenvalue weighted by Crippen LogP contribution is -2.57. The maximum absolute atomic E-state index is 12.9. The van der Waals surface area contributed by atoms with E-state index in [1.165, 1.54) is 6.92 Å². The third kappa shape index (κ3) is 13.2. The molecule has 12 N–H and O–H groups in total. The molecule has 4 amide bonds. The number of carboxylic acids is 1. The summed E-state index contributed by atoms with van der Waals surface area (Å²) in [6.07, 6.45) is 0.419. The Morgan fingerprint density at radius 3 is 1.88 bits per heavy atom. The number of nitrogens with one attached hydrogen (secondary N) is 3. The highest BCUT2D eigenvalue weighted by molar-refractivity contribution is 5.94. The van der Waals surface area contributed by atoms with Crippen molar-refractivity contribution in [1.82, 2.24) is 16.0 Å². The van der Waals surface area contributed by atoms with Gasteiger partial charge < -0.3 is 44.0 Å². The van der Waals surface area contributed by atoms with Crippen LogP contribution in [0.25, 0.3) is 0 Å². The molecule has 0 fully saturated rings. The quantitative estimate of drug-likeness (QED) is 0.0637. The number of hydrogen-bond acceptors (Lipinski definition) is 7. The maximum atomic E-state index is 12.9. The van der Waals surface area contributed by atoms with Gasteiger partial charge in [-0.3, -0.25) is 29.0 Å².